The van der Waals surface area contributed by atoms with Crippen molar-refractivity contribution in [1.29, 1.82) is 0 Å². The molecule has 0 radical (unpaired) electrons. The van der Waals surface area contributed by atoms with E-state index in [1.807, 2.05) is 115 Å². The van der Waals surface area contributed by atoms with Crippen molar-refractivity contribution in [1.82, 2.24) is 20.2 Å². The first-order chi connectivity index (χ1) is 19.0. The van der Waals surface area contributed by atoms with E-state index >= 15 is 0 Å². The molecule has 4 aromatic carbocycles. The van der Waals surface area contributed by atoms with Gasteiger partial charge in [0.1, 0.15) is 11.5 Å². The molecule has 7 nitrogen and oxygen atoms in total. The molecule has 5 rings (SSSR count). The number of aryl methyl sites for hydroxylation is 1. The Hall–Kier alpha value is -4.40. The number of ether oxygens (including phenoxy) is 1. The number of nitrogens with zero attached hydrogens (tertiary/aromatic N) is 4. The van der Waals surface area contributed by atoms with Gasteiger partial charge in [-0.05, 0) is 73.2 Å². The lowest BCUT2D eigenvalue weighted by Crippen LogP contribution is -2.20. The van der Waals surface area contributed by atoms with Gasteiger partial charge in [0, 0.05) is 16.3 Å². The molecule has 1 N–H and O–H groups in total. The number of benzene rings is 4. The topological polar surface area (TPSA) is 81.4 Å². The van der Waals surface area contributed by atoms with Gasteiger partial charge in [-0.3, -0.25) is 9.36 Å². The number of carbonyl (C=O) groups is 1. The normalized spacial score (nSPS) is 11.0. The number of para-hydroxylation sites is 1. The summed E-state index contributed by atoms with van der Waals surface area (Å²) >= 11 is 7.36. The minimum absolute atomic E-state index is 0.110. The molecule has 39 heavy (non-hydrogen) atoms. The third-order valence-electron chi connectivity index (χ3n) is 5.60. The highest BCUT2D eigenvalue weighted by atomic mass is 35.5. The van der Waals surface area contributed by atoms with Crippen LogP contribution in [-0.4, -0.2) is 32.6 Å². The van der Waals surface area contributed by atoms with Gasteiger partial charge in [-0.1, -0.05) is 71.4 Å². The summed E-state index contributed by atoms with van der Waals surface area (Å²) in [6.07, 6.45) is 1.58. The second kappa shape index (κ2) is 12.4. The van der Waals surface area contributed by atoms with E-state index < -0.39 is 0 Å². The molecule has 1 amide bonds. The number of rotatable bonds is 9. The van der Waals surface area contributed by atoms with Crippen LogP contribution in [0.1, 0.15) is 11.1 Å². The molecule has 0 fully saturated rings. The molecule has 5 aromatic rings. The molecule has 0 spiro atoms. The highest BCUT2D eigenvalue weighted by Crippen LogP contribution is 2.29. The zero-order chi connectivity index (χ0) is 27.0. The van der Waals surface area contributed by atoms with Gasteiger partial charge in [0.15, 0.2) is 11.0 Å². The maximum atomic E-state index is 12.6. The Balaban J connectivity index is 1.25. The monoisotopic (exact) mass is 553 g/mol. The van der Waals surface area contributed by atoms with E-state index in [0.29, 0.717) is 21.8 Å². The molecule has 0 unspecified atom stereocenters. The maximum Gasteiger partial charge on any atom is 0.250 e. The average Bonchev–Trinajstić information content (AvgIpc) is 3.37. The predicted molar refractivity (Wildman–Crippen MR) is 156 cm³/mol. The molecule has 0 aliphatic heterocycles. The van der Waals surface area contributed by atoms with E-state index in [1.54, 1.807) is 6.21 Å². The summed E-state index contributed by atoms with van der Waals surface area (Å²) in [7, 11) is 0. The van der Waals surface area contributed by atoms with Crippen LogP contribution in [0.3, 0.4) is 0 Å². The summed E-state index contributed by atoms with van der Waals surface area (Å²) in [6, 6.07) is 32.5. The average molecular weight is 554 g/mol. The van der Waals surface area contributed by atoms with E-state index in [0.717, 1.165) is 28.1 Å². The minimum atomic E-state index is -0.264. The highest BCUT2D eigenvalue weighted by Gasteiger charge is 2.17. The molecule has 0 saturated heterocycles. The van der Waals surface area contributed by atoms with E-state index in [4.69, 9.17) is 16.3 Å². The minimum Gasteiger partial charge on any atom is -0.457 e. The van der Waals surface area contributed by atoms with Crippen LogP contribution in [0, 0.1) is 6.92 Å². The van der Waals surface area contributed by atoms with Crippen molar-refractivity contribution < 1.29 is 9.53 Å². The standard InChI is InChI=1S/C30H24ClN5O2S/c1-21-10-16-25(17-11-21)36-29(23-12-14-24(31)15-13-23)34-35-30(36)39-20-28(37)33-32-19-22-6-5-9-27(18-22)38-26-7-3-2-4-8-26/h2-19H,20H2,1H3,(H,33,37). The van der Waals surface area contributed by atoms with Crippen LogP contribution in [0.4, 0.5) is 0 Å². The first kappa shape index (κ1) is 26.2. The van der Waals surface area contributed by atoms with Crippen molar-refractivity contribution in [2.75, 3.05) is 5.75 Å². The molecule has 0 saturated carbocycles. The van der Waals surface area contributed by atoms with Gasteiger partial charge in [0.25, 0.3) is 5.91 Å². The fraction of sp³-hybridized carbons (Fsp3) is 0.0667. The summed E-state index contributed by atoms with van der Waals surface area (Å²) in [6.45, 7) is 2.03. The van der Waals surface area contributed by atoms with Gasteiger partial charge in [0.2, 0.25) is 0 Å². The van der Waals surface area contributed by atoms with Crippen LogP contribution >= 0.6 is 23.4 Å². The van der Waals surface area contributed by atoms with Gasteiger partial charge in [-0.2, -0.15) is 5.10 Å². The van der Waals surface area contributed by atoms with Crippen molar-refractivity contribution in [3.63, 3.8) is 0 Å². The number of hydrogen-bond acceptors (Lipinski definition) is 6. The highest BCUT2D eigenvalue weighted by molar-refractivity contribution is 7.99. The quantitative estimate of drug-likeness (QED) is 0.122. The first-order valence-electron chi connectivity index (χ1n) is 12.1. The number of nitrogens with one attached hydrogen (secondary N) is 1. The predicted octanol–water partition coefficient (Wildman–Crippen LogP) is 6.93. The number of thioether (sulfide) groups is 1. The fourth-order valence-electron chi connectivity index (χ4n) is 3.70. The lowest BCUT2D eigenvalue weighted by atomic mass is 10.2. The van der Waals surface area contributed by atoms with E-state index in [-0.39, 0.29) is 11.7 Å². The number of halogens is 1. The molecular formula is C30H24ClN5O2S. The second-order valence-electron chi connectivity index (χ2n) is 8.55. The Labute approximate surface area is 235 Å². The number of carbonyl (C=O) groups excluding carboxylic acids is 1. The van der Waals surface area contributed by atoms with Crippen LogP contribution in [0.2, 0.25) is 5.02 Å². The molecule has 1 aromatic heterocycles. The SMILES string of the molecule is Cc1ccc(-n2c(SCC(=O)NN=Cc3cccc(Oc4ccccc4)c3)nnc2-c2ccc(Cl)cc2)cc1. The van der Waals surface area contributed by atoms with Crippen molar-refractivity contribution in [2.45, 2.75) is 12.1 Å². The Bertz CT molecular complexity index is 1590. The molecule has 1 heterocycles. The van der Waals surface area contributed by atoms with Crippen LogP contribution < -0.4 is 10.2 Å². The third kappa shape index (κ3) is 6.93. The lowest BCUT2D eigenvalue weighted by Gasteiger charge is -2.10. The van der Waals surface area contributed by atoms with E-state index in [2.05, 4.69) is 20.7 Å². The zero-order valence-corrected chi connectivity index (χ0v) is 22.6. The Morgan fingerprint density at radius 3 is 2.46 bits per heavy atom. The number of hydrazone groups is 1. The summed E-state index contributed by atoms with van der Waals surface area (Å²) in [5, 5.41) is 14.1. The van der Waals surface area contributed by atoms with E-state index in [1.165, 1.54) is 11.8 Å². The van der Waals surface area contributed by atoms with Gasteiger partial charge < -0.3 is 4.74 Å². The zero-order valence-electron chi connectivity index (χ0n) is 21.0. The van der Waals surface area contributed by atoms with Crippen LogP contribution in [0.25, 0.3) is 17.1 Å². The summed E-state index contributed by atoms with van der Waals surface area (Å²) < 4.78 is 7.79. The molecule has 0 atom stereocenters. The van der Waals surface area contributed by atoms with Crippen molar-refractivity contribution >= 4 is 35.5 Å². The maximum absolute atomic E-state index is 12.6. The number of aromatic nitrogens is 3. The van der Waals surface area contributed by atoms with Crippen molar-refractivity contribution in [3.05, 3.63) is 119 Å². The van der Waals surface area contributed by atoms with Gasteiger partial charge >= 0.3 is 0 Å². The molecule has 194 valence electrons. The van der Waals surface area contributed by atoms with Gasteiger partial charge in [0.05, 0.1) is 12.0 Å². The number of amides is 1. The summed E-state index contributed by atoms with van der Waals surface area (Å²) in [4.78, 5) is 12.6. The fourth-order valence-corrected chi connectivity index (χ4v) is 4.57. The summed E-state index contributed by atoms with van der Waals surface area (Å²) in [5.74, 6) is 1.93. The smallest absolute Gasteiger partial charge is 0.250 e. The third-order valence-corrected chi connectivity index (χ3v) is 6.78. The molecule has 0 aliphatic carbocycles. The second-order valence-corrected chi connectivity index (χ2v) is 9.93. The van der Waals surface area contributed by atoms with Crippen molar-refractivity contribution in [2.24, 2.45) is 5.10 Å². The number of hydrogen-bond donors (Lipinski definition) is 1. The van der Waals surface area contributed by atoms with Gasteiger partial charge in [-0.15, -0.1) is 10.2 Å². The Morgan fingerprint density at radius 1 is 0.949 bits per heavy atom. The first-order valence-corrected chi connectivity index (χ1v) is 13.5. The van der Waals surface area contributed by atoms with Crippen LogP contribution in [0.15, 0.2) is 113 Å². The molecule has 0 aliphatic rings. The molecular weight excluding hydrogens is 530 g/mol. The Morgan fingerprint density at radius 2 is 1.69 bits per heavy atom. The van der Waals surface area contributed by atoms with Crippen LogP contribution in [0.5, 0.6) is 11.5 Å². The Kier molecular flexibility index (Phi) is 8.36. The van der Waals surface area contributed by atoms with Crippen LogP contribution in [-0.2, 0) is 4.79 Å². The lowest BCUT2D eigenvalue weighted by molar-refractivity contribution is -0.118. The van der Waals surface area contributed by atoms with Crippen molar-refractivity contribution in [3.8, 4) is 28.6 Å². The molecule has 0 bridgehead atoms. The van der Waals surface area contributed by atoms with E-state index in [9.17, 15) is 4.79 Å². The molecule has 9 heteroatoms. The largest absolute Gasteiger partial charge is 0.457 e. The van der Waals surface area contributed by atoms with Gasteiger partial charge in [-0.25, -0.2) is 5.43 Å². The summed E-state index contributed by atoms with van der Waals surface area (Å²) in [5.41, 5.74) is 6.28.